The van der Waals surface area contributed by atoms with E-state index in [2.05, 4.69) is 5.32 Å². The topological polar surface area (TPSA) is 60.1 Å². The molecule has 0 aliphatic heterocycles. The first-order chi connectivity index (χ1) is 10.0. The second-order valence-electron chi connectivity index (χ2n) is 5.00. The Bertz CT molecular complexity index is 649. The van der Waals surface area contributed by atoms with Gasteiger partial charge in [-0.1, -0.05) is 17.7 Å². The first-order valence-corrected chi connectivity index (χ1v) is 7.35. The molecule has 0 aliphatic carbocycles. The molecule has 0 saturated carbocycles. The third kappa shape index (κ3) is 3.46. The van der Waals surface area contributed by atoms with Crippen LogP contribution in [0.4, 0.5) is 0 Å². The molecular formula is C16H20ClN3O. The van der Waals surface area contributed by atoms with Crippen LogP contribution in [0.5, 0.6) is 0 Å². The Morgan fingerprint density at radius 3 is 2.76 bits per heavy atom. The number of nitrogens with two attached hydrogens (primary N) is 1. The number of aryl methyl sites for hydroxylation is 1. The third-order valence-electron chi connectivity index (χ3n) is 3.41. The summed E-state index contributed by atoms with van der Waals surface area (Å²) in [7, 11) is 0. The Kier molecular flexibility index (Phi) is 5.04. The summed E-state index contributed by atoms with van der Waals surface area (Å²) >= 11 is 6.05. The third-order valence-corrected chi connectivity index (χ3v) is 3.64. The minimum absolute atomic E-state index is 0.0650. The van der Waals surface area contributed by atoms with Gasteiger partial charge in [-0.25, -0.2) is 0 Å². The molecule has 0 bridgehead atoms. The highest BCUT2D eigenvalue weighted by Gasteiger charge is 2.16. The zero-order valence-electron chi connectivity index (χ0n) is 12.3. The van der Waals surface area contributed by atoms with Gasteiger partial charge in [-0.05, 0) is 51.1 Å². The fourth-order valence-electron chi connectivity index (χ4n) is 2.40. The van der Waals surface area contributed by atoms with Crippen LogP contribution < -0.4 is 11.1 Å². The van der Waals surface area contributed by atoms with Crippen LogP contribution >= 0.6 is 11.6 Å². The molecule has 0 unspecified atom stereocenters. The number of nitrogens with one attached hydrogen (secondary N) is 1. The molecule has 5 heteroatoms. The SMILES string of the molecule is Cc1cc(C(=O)NCCCN)c(C)n1-c1cccc(Cl)c1. The Hall–Kier alpha value is -1.78. The van der Waals surface area contributed by atoms with E-state index < -0.39 is 0 Å². The van der Waals surface area contributed by atoms with E-state index in [1.807, 2.05) is 48.7 Å². The van der Waals surface area contributed by atoms with Gasteiger partial charge in [-0.15, -0.1) is 0 Å². The molecule has 1 amide bonds. The Labute approximate surface area is 129 Å². The molecule has 2 aromatic rings. The van der Waals surface area contributed by atoms with E-state index in [1.54, 1.807) is 0 Å². The number of hydrogen-bond donors (Lipinski definition) is 2. The van der Waals surface area contributed by atoms with Crippen LogP contribution in [0.25, 0.3) is 5.69 Å². The van der Waals surface area contributed by atoms with E-state index in [9.17, 15) is 4.79 Å². The normalized spacial score (nSPS) is 10.7. The highest BCUT2D eigenvalue weighted by Crippen LogP contribution is 2.22. The molecule has 1 aromatic carbocycles. The number of aromatic nitrogens is 1. The molecule has 0 saturated heterocycles. The second-order valence-corrected chi connectivity index (χ2v) is 5.43. The van der Waals surface area contributed by atoms with E-state index in [-0.39, 0.29) is 5.91 Å². The molecule has 2 rings (SSSR count). The van der Waals surface area contributed by atoms with Gasteiger partial charge in [0.05, 0.1) is 5.56 Å². The van der Waals surface area contributed by atoms with Gasteiger partial charge < -0.3 is 15.6 Å². The summed E-state index contributed by atoms with van der Waals surface area (Å²) in [6.07, 6.45) is 0.777. The van der Waals surface area contributed by atoms with Crippen molar-refractivity contribution in [2.45, 2.75) is 20.3 Å². The molecule has 0 radical (unpaired) electrons. The zero-order chi connectivity index (χ0) is 15.4. The monoisotopic (exact) mass is 305 g/mol. The number of carbonyl (C=O) groups excluding carboxylic acids is 1. The molecule has 0 atom stereocenters. The van der Waals surface area contributed by atoms with Gasteiger partial charge in [0.2, 0.25) is 0 Å². The summed E-state index contributed by atoms with van der Waals surface area (Å²) in [5.74, 6) is -0.0650. The minimum Gasteiger partial charge on any atom is -0.352 e. The van der Waals surface area contributed by atoms with Crippen molar-refractivity contribution in [1.82, 2.24) is 9.88 Å². The predicted octanol–water partition coefficient (Wildman–Crippen LogP) is 2.83. The van der Waals surface area contributed by atoms with Crippen LogP contribution in [0.1, 0.15) is 28.2 Å². The van der Waals surface area contributed by atoms with Gasteiger partial charge in [-0.3, -0.25) is 4.79 Å². The maximum Gasteiger partial charge on any atom is 0.253 e. The maximum atomic E-state index is 12.2. The number of hydrogen-bond acceptors (Lipinski definition) is 2. The number of nitrogens with zero attached hydrogens (tertiary/aromatic N) is 1. The Balaban J connectivity index is 2.31. The van der Waals surface area contributed by atoms with Crippen LogP contribution in [0.15, 0.2) is 30.3 Å². The molecule has 0 aliphatic rings. The van der Waals surface area contributed by atoms with Gasteiger partial charge >= 0.3 is 0 Å². The van der Waals surface area contributed by atoms with E-state index in [1.165, 1.54) is 0 Å². The number of rotatable bonds is 5. The molecule has 0 fully saturated rings. The first kappa shape index (κ1) is 15.6. The largest absolute Gasteiger partial charge is 0.352 e. The van der Waals surface area contributed by atoms with Crippen molar-refractivity contribution in [2.24, 2.45) is 5.73 Å². The van der Waals surface area contributed by atoms with Crippen molar-refractivity contribution in [3.8, 4) is 5.69 Å². The lowest BCUT2D eigenvalue weighted by molar-refractivity contribution is 0.0953. The average molecular weight is 306 g/mol. The number of benzene rings is 1. The van der Waals surface area contributed by atoms with E-state index in [0.717, 1.165) is 23.5 Å². The van der Waals surface area contributed by atoms with E-state index in [0.29, 0.717) is 23.7 Å². The number of amides is 1. The van der Waals surface area contributed by atoms with Crippen LogP contribution in [-0.2, 0) is 0 Å². The van der Waals surface area contributed by atoms with Crippen molar-refractivity contribution in [3.63, 3.8) is 0 Å². The van der Waals surface area contributed by atoms with Crippen LogP contribution in [0.2, 0.25) is 5.02 Å². The number of halogens is 1. The van der Waals surface area contributed by atoms with Gasteiger partial charge in [0.1, 0.15) is 0 Å². The van der Waals surface area contributed by atoms with Crippen molar-refractivity contribution in [2.75, 3.05) is 13.1 Å². The van der Waals surface area contributed by atoms with Crippen LogP contribution in [0, 0.1) is 13.8 Å². The quantitative estimate of drug-likeness (QED) is 0.835. The fraction of sp³-hybridized carbons (Fsp3) is 0.312. The summed E-state index contributed by atoms with van der Waals surface area (Å²) in [6, 6.07) is 9.49. The van der Waals surface area contributed by atoms with Crippen molar-refractivity contribution >= 4 is 17.5 Å². The van der Waals surface area contributed by atoms with Crippen molar-refractivity contribution in [1.29, 1.82) is 0 Å². The Morgan fingerprint density at radius 2 is 2.10 bits per heavy atom. The standard InChI is InChI=1S/C16H20ClN3O/c1-11-9-15(16(21)19-8-4-7-18)12(2)20(11)14-6-3-5-13(17)10-14/h3,5-6,9-10H,4,7-8,18H2,1-2H3,(H,19,21). The van der Waals surface area contributed by atoms with Crippen LogP contribution in [0.3, 0.4) is 0 Å². The van der Waals surface area contributed by atoms with Gasteiger partial charge in [0.25, 0.3) is 5.91 Å². The molecule has 3 N–H and O–H groups in total. The summed E-state index contributed by atoms with van der Waals surface area (Å²) in [4.78, 5) is 12.2. The molecule has 112 valence electrons. The van der Waals surface area contributed by atoms with Gasteiger partial charge in [0.15, 0.2) is 0 Å². The molecule has 4 nitrogen and oxygen atoms in total. The molecule has 21 heavy (non-hydrogen) atoms. The van der Waals surface area contributed by atoms with Crippen molar-refractivity contribution < 1.29 is 4.79 Å². The maximum absolute atomic E-state index is 12.2. The highest BCUT2D eigenvalue weighted by molar-refractivity contribution is 6.30. The zero-order valence-corrected chi connectivity index (χ0v) is 13.1. The fourth-order valence-corrected chi connectivity index (χ4v) is 2.59. The lowest BCUT2D eigenvalue weighted by Gasteiger charge is -2.10. The second kappa shape index (κ2) is 6.78. The van der Waals surface area contributed by atoms with E-state index >= 15 is 0 Å². The first-order valence-electron chi connectivity index (χ1n) is 6.97. The van der Waals surface area contributed by atoms with Gasteiger partial charge in [0, 0.05) is 28.6 Å². The smallest absolute Gasteiger partial charge is 0.253 e. The summed E-state index contributed by atoms with van der Waals surface area (Å²) in [5, 5.41) is 3.56. The summed E-state index contributed by atoms with van der Waals surface area (Å²) < 4.78 is 2.03. The molecule has 0 spiro atoms. The average Bonchev–Trinajstić information content (AvgIpc) is 2.74. The lowest BCUT2D eigenvalue weighted by Crippen LogP contribution is -2.26. The molecule has 1 heterocycles. The van der Waals surface area contributed by atoms with E-state index in [4.69, 9.17) is 17.3 Å². The highest BCUT2D eigenvalue weighted by atomic mass is 35.5. The van der Waals surface area contributed by atoms with Crippen molar-refractivity contribution in [3.05, 3.63) is 52.3 Å². The predicted molar refractivity (Wildman–Crippen MR) is 86.3 cm³/mol. The minimum atomic E-state index is -0.0650. The summed E-state index contributed by atoms with van der Waals surface area (Å²) in [6.45, 7) is 5.08. The molecular weight excluding hydrogens is 286 g/mol. The van der Waals surface area contributed by atoms with Gasteiger partial charge in [-0.2, -0.15) is 0 Å². The Morgan fingerprint density at radius 1 is 1.33 bits per heavy atom. The molecule has 1 aromatic heterocycles. The van der Waals surface area contributed by atoms with Crippen LogP contribution in [-0.4, -0.2) is 23.6 Å². The lowest BCUT2D eigenvalue weighted by atomic mass is 10.2. The summed E-state index contributed by atoms with van der Waals surface area (Å²) in [5.41, 5.74) is 8.98. The number of carbonyl (C=O) groups is 1.